The van der Waals surface area contributed by atoms with E-state index in [4.69, 9.17) is 0 Å². The first-order valence-corrected chi connectivity index (χ1v) is 9.58. The van der Waals surface area contributed by atoms with E-state index in [9.17, 15) is 18.0 Å². The number of nitrogens with zero attached hydrogens (tertiary/aromatic N) is 3. The summed E-state index contributed by atoms with van der Waals surface area (Å²) < 4.78 is 38.2. The summed E-state index contributed by atoms with van der Waals surface area (Å²) in [6, 6.07) is 6.70. The number of carbonyl (C=O) groups is 1. The van der Waals surface area contributed by atoms with E-state index >= 15 is 0 Å². The van der Waals surface area contributed by atoms with Crippen LogP contribution in [0.5, 0.6) is 0 Å². The Labute approximate surface area is 167 Å². The highest BCUT2D eigenvalue weighted by Gasteiger charge is 2.30. The number of benzene rings is 1. The molecule has 1 aromatic heterocycles. The first kappa shape index (κ1) is 20.9. The van der Waals surface area contributed by atoms with Crippen molar-refractivity contribution in [2.75, 3.05) is 36.4 Å². The molecule has 0 bridgehead atoms. The lowest BCUT2D eigenvalue weighted by Crippen LogP contribution is -2.30. The average Bonchev–Trinajstić information content (AvgIpc) is 3.19. The molecule has 3 rings (SSSR count). The molecule has 1 aromatic carbocycles. The third kappa shape index (κ3) is 6.07. The van der Waals surface area contributed by atoms with Gasteiger partial charge in [-0.2, -0.15) is 13.2 Å². The van der Waals surface area contributed by atoms with Gasteiger partial charge in [0.05, 0.1) is 12.0 Å². The molecule has 6 nitrogen and oxygen atoms in total. The van der Waals surface area contributed by atoms with Gasteiger partial charge in [0.2, 0.25) is 5.91 Å². The van der Waals surface area contributed by atoms with Crippen molar-refractivity contribution in [1.82, 2.24) is 15.3 Å². The van der Waals surface area contributed by atoms with Gasteiger partial charge in [-0.25, -0.2) is 9.97 Å². The Balaban J connectivity index is 1.46. The van der Waals surface area contributed by atoms with Crippen LogP contribution < -0.4 is 15.5 Å². The van der Waals surface area contributed by atoms with Crippen molar-refractivity contribution in [3.8, 4) is 0 Å². The second-order valence-electron chi connectivity index (χ2n) is 7.00. The molecule has 1 amide bonds. The smallest absolute Gasteiger partial charge is 0.368 e. The van der Waals surface area contributed by atoms with Crippen LogP contribution in [0.4, 0.5) is 24.8 Å². The minimum absolute atomic E-state index is 0.102. The lowest BCUT2D eigenvalue weighted by molar-refractivity contribution is -0.137. The predicted octanol–water partition coefficient (Wildman–Crippen LogP) is 3.17. The number of amides is 1. The maximum Gasteiger partial charge on any atom is 0.416 e. The monoisotopic (exact) mass is 407 g/mol. The van der Waals surface area contributed by atoms with Crippen LogP contribution in [0.25, 0.3) is 0 Å². The van der Waals surface area contributed by atoms with Crippen LogP contribution in [-0.2, 0) is 17.4 Å². The summed E-state index contributed by atoms with van der Waals surface area (Å²) in [5.41, 5.74) is -0.427. The molecule has 2 heterocycles. The van der Waals surface area contributed by atoms with Crippen molar-refractivity contribution in [3.05, 3.63) is 47.3 Å². The summed E-state index contributed by atoms with van der Waals surface area (Å²) in [7, 11) is 0. The van der Waals surface area contributed by atoms with Gasteiger partial charge in [0.25, 0.3) is 0 Å². The number of anilines is 2. The molecule has 1 aliphatic rings. The maximum atomic E-state index is 12.7. The number of carbonyl (C=O) groups excluding carboxylic acids is 1. The van der Waals surface area contributed by atoms with Gasteiger partial charge in [0.1, 0.15) is 17.5 Å². The summed E-state index contributed by atoms with van der Waals surface area (Å²) in [5.74, 6) is 1.92. The number of aryl methyl sites for hydroxylation is 1. The fraction of sp³-hybridized carbons (Fsp3) is 0.450. The largest absolute Gasteiger partial charge is 0.416 e. The Morgan fingerprint density at radius 2 is 1.90 bits per heavy atom. The van der Waals surface area contributed by atoms with E-state index < -0.39 is 11.7 Å². The van der Waals surface area contributed by atoms with Gasteiger partial charge in [-0.3, -0.25) is 4.79 Å². The second-order valence-corrected chi connectivity index (χ2v) is 7.00. The van der Waals surface area contributed by atoms with Gasteiger partial charge >= 0.3 is 6.18 Å². The van der Waals surface area contributed by atoms with Crippen molar-refractivity contribution in [1.29, 1.82) is 0 Å². The molecule has 0 unspecified atom stereocenters. The summed E-state index contributed by atoms with van der Waals surface area (Å²) in [6.45, 7) is 4.59. The van der Waals surface area contributed by atoms with E-state index in [2.05, 4.69) is 25.5 Å². The molecule has 2 aromatic rings. The van der Waals surface area contributed by atoms with E-state index in [1.165, 1.54) is 12.1 Å². The number of hydrogen-bond donors (Lipinski definition) is 2. The first-order valence-electron chi connectivity index (χ1n) is 9.58. The predicted molar refractivity (Wildman–Crippen MR) is 105 cm³/mol. The molecular weight excluding hydrogens is 383 g/mol. The zero-order valence-corrected chi connectivity index (χ0v) is 16.2. The number of hydrogen-bond acceptors (Lipinski definition) is 5. The highest BCUT2D eigenvalue weighted by Crippen LogP contribution is 2.29. The van der Waals surface area contributed by atoms with Crippen LogP contribution in [0.1, 0.15) is 29.8 Å². The van der Waals surface area contributed by atoms with E-state index in [1.54, 1.807) is 0 Å². The lowest BCUT2D eigenvalue weighted by atomic mass is 10.1. The van der Waals surface area contributed by atoms with Crippen molar-refractivity contribution >= 4 is 17.5 Å². The molecule has 0 saturated carbocycles. The average molecular weight is 407 g/mol. The molecule has 9 heteroatoms. The van der Waals surface area contributed by atoms with Crippen LogP contribution in [0.15, 0.2) is 30.3 Å². The van der Waals surface area contributed by atoms with Gasteiger partial charge in [-0.1, -0.05) is 18.2 Å². The molecule has 0 atom stereocenters. The minimum Gasteiger partial charge on any atom is -0.368 e. The lowest BCUT2D eigenvalue weighted by Gasteiger charge is -2.17. The summed E-state index contributed by atoms with van der Waals surface area (Å²) in [5, 5.41) is 5.86. The standard InChI is InChI=1S/C20H24F3N5O/c1-14-26-17(13-18(27-14)28-9-2-3-10-28)24-7-8-25-19(29)12-15-5-4-6-16(11-15)20(21,22)23/h4-6,11,13H,2-3,7-10,12H2,1H3,(H,25,29)(H,24,26,27). The Morgan fingerprint density at radius 3 is 2.62 bits per heavy atom. The normalized spacial score (nSPS) is 14.1. The molecule has 1 fully saturated rings. The fourth-order valence-electron chi connectivity index (χ4n) is 3.25. The number of halogens is 3. The van der Waals surface area contributed by atoms with Crippen molar-refractivity contribution in [2.45, 2.75) is 32.4 Å². The molecule has 156 valence electrons. The summed E-state index contributed by atoms with van der Waals surface area (Å²) >= 11 is 0. The second kappa shape index (κ2) is 9.11. The summed E-state index contributed by atoms with van der Waals surface area (Å²) in [6.07, 6.45) is -2.21. The quantitative estimate of drug-likeness (QED) is 0.690. The topological polar surface area (TPSA) is 70.2 Å². The third-order valence-electron chi connectivity index (χ3n) is 4.63. The number of nitrogens with one attached hydrogen (secondary N) is 2. The zero-order valence-electron chi connectivity index (χ0n) is 16.2. The molecule has 0 radical (unpaired) electrons. The Hall–Kier alpha value is -2.84. The van der Waals surface area contributed by atoms with Gasteiger partial charge < -0.3 is 15.5 Å². The van der Waals surface area contributed by atoms with Gasteiger partial charge in [-0.05, 0) is 31.4 Å². The molecule has 0 spiro atoms. The van der Waals surface area contributed by atoms with Gasteiger partial charge in [0.15, 0.2) is 0 Å². The number of alkyl halides is 3. The Kier molecular flexibility index (Phi) is 6.56. The number of rotatable bonds is 7. The van der Waals surface area contributed by atoms with Gasteiger partial charge in [-0.15, -0.1) is 0 Å². The van der Waals surface area contributed by atoms with Crippen molar-refractivity contribution in [3.63, 3.8) is 0 Å². The van der Waals surface area contributed by atoms with E-state index in [-0.39, 0.29) is 12.3 Å². The van der Waals surface area contributed by atoms with Crippen LogP contribution in [0.2, 0.25) is 0 Å². The molecule has 29 heavy (non-hydrogen) atoms. The highest BCUT2D eigenvalue weighted by atomic mass is 19.4. The van der Waals surface area contributed by atoms with Crippen LogP contribution in [-0.4, -0.2) is 42.1 Å². The third-order valence-corrected chi connectivity index (χ3v) is 4.63. The van der Waals surface area contributed by atoms with Crippen LogP contribution in [0.3, 0.4) is 0 Å². The van der Waals surface area contributed by atoms with Crippen LogP contribution >= 0.6 is 0 Å². The minimum atomic E-state index is -4.42. The SMILES string of the molecule is Cc1nc(NCCNC(=O)Cc2cccc(C(F)(F)F)c2)cc(N2CCCC2)n1. The zero-order chi connectivity index (χ0) is 20.9. The van der Waals surface area contributed by atoms with Crippen LogP contribution in [0, 0.1) is 6.92 Å². The molecule has 2 N–H and O–H groups in total. The molecule has 1 aliphatic heterocycles. The maximum absolute atomic E-state index is 12.7. The first-order chi connectivity index (χ1) is 13.8. The molecule has 0 aliphatic carbocycles. The fourth-order valence-corrected chi connectivity index (χ4v) is 3.25. The van der Waals surface area contributed by atoms with E-state index in [0.29, 0.717) is 30.3 Å². The highest BCUT2D eigenvalue weighted by molar-refractivity contribution is 5.78. The number of aromatic nitrogens is 2. The van der Waals surface area contributed by atoms with Crippen molar-refractivity contribution < 1.29 is 18.0 Å². The Bertz CT molecular complexity index is 850. The molecule has 1 saturated heterocycles. The van der Waals surface area contributed by atoms with E-state index in [0.717, 1.165) is 43.9 Å². The van der Waals surface area contributed by atoms with Gasteiger partial charge in [0, 0.05) is 32.2 Å². The summed E-state index contributed by atoms with van der Waals surface area (Å²) in [4.78, 5) is 23.1. The van der Waals surface area contributed by atoms with Crippen molar-refractivity contribution in [2.24, 2.45) is 0 Å². The van der Waals surface area contributed by atoms with E-state index in [1.807, 2.05) is 13.0 Å². The Morgan fingerprint density at radius 1 is 1.14 bits per heavy atom. The molecular formula is C20H24F3N5O.